The van der Waals surface area contributed by atoms with E-state index >= 15 is 0 Å². The summed E-state index contributed by atoms with van der Waals surface area (Å²) in [7, 11) is 1.45. The minimum atomic E-state index is -0.357. The summed E-state index contributed by atoms with van der Waals surface area (Å²) in [4.78, 5) is 0. The van der Waals surface area contributed by atoms with E-state index in [1.807, 2.05) is 6.07 Å². The van der Waals surface area contributed by atoms with Crippen molar-refractivity contribution in [1.82, 2.24) is 5.43 Å². The van der Waals surface area contributed by atoms with E-state index in [1.54, 1.807) is 6.07 Å². The Kier molecular flexibility index (Phi) is 4.71. The molecule has 1 aromatic rings. The molecule has 3 nitrogen and oxygen atoms in total. The van der Waals surface area contributed by atoms with Gasteiger partial charge in [0.05, 0.1) is 7.11 Å². The molecule has 16 heavy (non-hydrogen) atoms. The van der Waals surface area contributed by atoms with Gasteiger partial charge in [-0.3, -0.25) is 11.3 Å². The second-order valence-electron chi connectivity index (χ2n) is 4.24. The molecule has 0 aliphatic carbocycles. The third-order valence-electron chi connectivity index (χ3n) is 2.49. The molecule has 1 unspecified atom stereocenters. The number of hydrazine groups is 1. The van der Waals surface area contributed by atoms with Gasteiger partial charge in [0, 0.05) is 6.04 Å². The van der Waals surface area contributed by atoms with Crippen LogP contribution in [0, 0.1) is 11.7 Å². The molecule has 0 saturated carbocycles. The summed E-state index contributed by atoms with van der Waals surface area (Å²) in [5, 5.41) is 0. The van der Waals surface area contributed by atoms with Crippen LogP contribution in [0.4, 0.5) is 4.39 Å². The van der Waals surface area contributed by atoms with Gasteiger partial charge in [0.15, 0.2) is 11.6 Å². The molecule has 1 aromatic carbocycles. The Bertz CT molecular complexity index is 342. The Balaban J connectivity index is 2.89. The second kappa shape index (κ2) is 5.82. The van der Waals surface area contributed by atoms with Crippen molar-refractivity contribution in [2.75, 3.05) is 7.11 Å². The zero-order valence-electron chi connectivity index (χ0n) is 9.96. The molecule has 0 aliphatic rings. The first-order valence-electron chi connectivity index (χ1n) is 5.38. The molecule has 0 heterocycles. The summed E-state index contributed by atoms with van der Waals surface area (Å²) < 4.78 is 18.4. The molecule has 0 aromatic heterocycles. The van der Waals surface area contributed by atoms with Crippen molar-refractivity contribution in [2.45, 2.75) is 26.3 Å². The van der Waals surface area contributed by atoms with E-state index in [0.717, 1.165) is 12.0 Å². The van der Waals surface area contributed by atoms with Gasteiger partial charge in [0.2, 0.25) is 0 Å². The van der Waals surface area contributed by atoms with Crippen molar-refractivity contribution in [3.63, 3.8) is 0 Å². The fraction of sp³-hybridized carbons (Fsp3) is 0.500. The van der Waals surface area contributed by atoms with Crippen LogP contribution < -0.4 is 16.0 Å². The normalized spacial score (nSPS) is 12.9. The highest BCUT2D eigenvalue weighted by Gasteiger charge is 2.13. The fourth-order valence-corrected chi connectivity index (χ4v) is 1.67. The van der Waals surface area contributed by atoms with Crippen LogP contribution in [0.15, 0.2) is 18.2 Å². The number of nitrogens with one attached hydrogen (secondary N) is 1. The molecule has 4 heteroatoms. The maximum absolute atomic E-state index is 13.5. The first kappa shape index (κ1) is 12.9. The highest BCUT2D eigenvalue weighted by molar-refractivity contribution is 5.31. The van der Waals surface area contributed by atoms with E-state index in [2.05, 4.69) is 19.3 Å². The molecule has 0 aliphatic heterocycles. The Morgan fingerprint density at radius 2 is 2.12 bits per heavy atom. The van der Waals surface area contributed by atoms with Crippen LogP contribution in [-0.2, 0) is 0 Å². The van der Waals surface area contributed by atoms with E-state index in [1.165, 1.54) is 13.2 Å². The summed E-state index contributed by atoms with van der Waals surface area (Å²) >= 11 is 0. The Hall–Kier alpha value is -1.13. The van der Waals surface area contributed by atoms with Crippen molar-refractivity contribution in [3.8, 4) is 5.75 Å². The van der Waals surface area contributed by atoms with Gasteiger partial charge in [-0.2, -0.15) is 0 Å². The highest BCUT2D eigenvalue weighted by Crippen LogP contribution is 2.25. The molecule has 1 rings (SSSR count). The van der Waals surface area contributed by atoms with Gasteiger partial charge in [-0.15, -0.1) is 0 Å². The minimum absolute atomic E-state index is 0.0274. The van der Waals surface area contributed by atoms with Crippen molar-refractivity contribution >= 4 is 0 Å². The van der Waals surface area contributed by atoms with E-state index in [4.69, 9.17) is 10.6 Å². The first-order valence-corrected chi connectivity index (χ1v) is 5.38. The number of hydrogen-bond donors (Lipinski definition) is 2. The van der Waals surface area contributed by atoms with Crippen LogP contribution in [-0.4, -0.2) is 7.11 Å². The maximum atomic E-state index is 13.5. The SMILES string of the molecule is COc1ccc(C(CC(C)C)NN)cc1F. The summed E-state index contributed by atoms with van der Waals surface area (Å²) in [6.07, 6.45) is 0.863. The summed E-state index contributed by atoms with van der Waals surface area (Å²) in [6.45, 7) is 4.20. The van der Waals surface area contributed by atoms with Crippen molar-refractivity contribution in [1.29, 1.82) is 0 Å². The van der Waals surface area contributed by atoms with E-state index in [0.29, 0.717) is 5.92 Å². The Morgan fingerprint density at radius 1 is 1.44 bits per heavy atom. The maximum Gasteiger partial charge on any atom is 0.165 e. The van der Waals surface area contributed by atoms with Gasteiger partial charge in [-0.05, 0) is 30.0 Å². The second-order valence-corrected chi connectivity index (χ2v) is 4.24. The number of ether oxygens (including phenoxy) is 1. The van der Waals surface area contributed by atoms with Crippen molar-refractivity contribution in [2.24, 2.45) is 11.8 Å². The lowest BCUT2D eigenvalue weighted by Gasteiger charge is -2.18. The summed E-state index contributed by atoms with van der Waals surface area (Å²) in [5.41, 5.74) is 3.55. The molecule has 3 N–H and O–H groups in total. The number of benzene rings is 1. The quantitative estimate of drug-likeness (QED) is 0.598. The van der Waals surface area contributed by atoms with Crippen LogP contribution in [0.3, 0.4) is 0 Å². The zero-order chi connectivity index (χ0) is 12.1. The molecule has 1 atom stereocenters. The molecule has 90 valence electrons. The molecule has 0 fully saturated rings. The molecule has 0 spiro atoms. The molecule has 0 radical (unpaired) electrons. The average Bonchev–Trinajstić information content (AvgIpc) is 2.25. The third kappa shape index (κ3) is 3.18. The summed E-state index contributed by atoms with van der Waals surface area (Å²) in [6, 6.07) is 4.89. The number of halogens is 1. The predicted molar refractivity (Wildman–Crippen MR) is 62.5 cm³/mol. The van der Waals surface area contributed by atoms with Crippen LogP contribution >= 0.6 is 0 Å². The third-order valence-corrected chi connectivity index (χ3v) is 2.49. The molecular weight excluding hydrogens is 207 g/mol. The van der Waals surface area contributed by atoms with Crippen LogP contribution in [0.5, 0.6) is 5.75 Å². The van der Waals surface area contributed by atoms with E-state index < -0.39 is 0 Å². The topological polar surface area (TPSA) is 47.3 Å². The van der Waals surface area contributed by atoms with Crippen molar-refractivity contribution in [3.05, 3.63) is 29.6 Å². The molecule has 0 amide bonds. The van der Waals surface area contributed by atoms with E-state index in [9.17, 15) is 4.39 Å². The first-order chi connectivity index (χ1) is 7.58. The highest BCUT2D eigenvalue weighted by atomic mass is 19.1. The van der Waals surface area contributed by atoms with Gasteiger partial charge in [0.1, 0.15) is 0 Å². The van der Waals surface area contributed by atoms with Gasteiger partial charge < -0.3 is 4.74 Å². The number of nitrogens with two attached hydrogens (primary N) is 1. The van der Waals surface area contributed by atoms with Gasteiger partial charge >= 0.3 is 0 Å². The lowest BCUT2D eigenvalue weighted by atomic mass is 9.97. The minimum Gasteiger partial charge on any atom is -0.494 e. The average molecular weight is 226 g/mol. The predicted octanol–water partition coefficient (Wildman–Crippen LogP) is 2.38. The number of methoxy groups -OCH3 is 1. The lowest BCUT2D eigenvalue weighted by Crippen LogP contribution is -2.29. The monoisotopic (exact) mass is 226 g/mol. The zero-order valence-corrected chi connectivity index (χ0v) is 9.96. The number of rotatable bonds is 5. The van der Waals surface area contributed by atoms with Crippen LogP contribution in [0.1, 0.15) is 31.9 Å². The molecule has 0 saturated heterocycles. The lowest BCUT2D eigenvalue weighted by molar-refractivity contribution is 0.383. The van der Waals surface area contributed by atoms with Gasteiger partial charge in [-0.1, -0.05) is 19.9 Å². The Labute approximate surface area is 95.8 Å². The Morgan fingerprint density at radius 3 is 2.56 bits per heavy atom. The van der Waals surface area contributed by atoms with Crippen LogP contribution in [0.25, 0.3) is 0 Å². The van der Waals surface area contributed by atoms with Crippen LogP contribution in [0.2, 0.25) is 0 Å². The standard InChI is InChI=1S/C12H19FN2O/c1-8(2)6-11(15-14)9-4-5-12(16-3)10(13)7-9/h4-5,7-8,11,15H,6,14H2,1-3H3. The smallest absolute Gasteiger partial charge is 0.165 e. The van der Waals surface area contributed by atoms with Gasteiger partial charge in [0.25, 0.3) is 0 Å². The van der Waals surface area contributed by atoms with Crippen molar-refractivity contribution < 1.29 is 9.13 Å². The van der Waals surface area contributed by atoms with Gasteiger partial charge in [-0.25, -0.2) is 4.39 Å². The van der Waals surface area contributed by atoms with E-state index in [-0.39, 0.29) is 17.6 Å². The fourth-order valence-electron chi connectivity index (χ4n) is 1.67. The number of hydrogen-bond acceptors (Lipinski definition) is 3. The molecule has 0 bridgehead atoms. The molecular formula is C12H19FN2O. The largest absolute Gasteiger partial charge is 0.494 e. The summed E-state index contributed by atoms with van der Waals surface area (Å²) in [5.74, 6) is 5.86.